The van der Waals surface area contributed by atoms with E-state index in [1.807, 2.05) is 0 Å². The zero-order valence-electron chi connectivity index (χ0n) is 17.3. The number of aryl methyl sites for hydroxylation is 1. The van der Waals surface area contributed by atoms with Gasteiger partial charge in [0.15, 0.2) is 0 Å². The zero-order valence-corrected chi connectivity index (χ0v) is 17.3. The highest BCUT2D eigenvalue weighted by atomic mass is 19.4. The van der Waals surface area contributed by atoms with Gasteiger partial charge in [-0.25, -0.2) is 0 Å². The van der Waals surface area contributed by atoms with Crippen LogP contribution in [0.2, 0.25) is 0 Å². The summed E-state index contributed by atoms with van der Waals surface area (Å²) >= 11 is 0. The number of carbonyl (C=O) groups excluding carboxylic acids is 1. The molecule has 1 amide bonds. The number of benzene rings is 2. The summed E-state index contributed by atoms with van der Waals surface area (Å²) < 4.78 is 45.7. The van der Waals surface area contributed by atoms with E-state index in [9.17, 15) is 18.0 Å². The summed E-state index contributed by atoms with van der Waals surface area (Å²) in [6, 6.07) is 10.9. The number of anilines is 1. The van der Waals surface area contributed by atoms with Crippen LogP contribution in [0, 0.1) is 0 Å². The first kappa shape index (κ1) is 23.3. The lowest BCUT2D eigenvalue weighted by atomic mass is 10.1. The van der Waals surface area contributed by atoms with Crippen LogP contribution in [0.25, 0.3) is 11.3 Å². The van der Waals surface area contributed by atoms with E-state index >= 15 is 0 Å². The van der Waals surface area contributed by atoms with E-state index in [1.54, 1.807) is 42.2 Å². The summed E-state index contributed by atoms with van der Waals surface area (Å²) in [5, 5.41) is 18.7. The van der Waals surface area contributed by atoms with Crippen LogP contribution in [-0.4, -0.2) is 47.1 Å². The van der Waals surface area contributed by atoms with Crippen molar-refractivity contribution in [3.63, 3.8) is 0 Å². The van der Waals surface area contributed by atoms with Crippen LogP contribution in [0.4, 0.5) is 18.9 Å². The Labute approximate surface area is 182 Å². The minimum atomic E-state index is -4.46. The number of amides is 1. The fraction of sp³-hybridized carbons (Fsp3) is 0.273. The van der Waals surface area contributed by atoms with Gasteiger partial charge in [-0.05, 0) is 48.5 Å². The van der Waals surface area contributed by atoms with Crippen molar-refractivity contribution in [3.8, 4) is 17.0 Å². The molecule has 0 atom stereocenters. The number of nitrogens with one attached hydrogen (secondary N) is 2. The molecule has 0 unspecified atom stereocenters. The van der Waals surface area contributed by atoms with Crippen molar-refractivity contribution < 1.29 is 27.8 Å². The zero-order chi connectivity index (χ0) is 23.1. The second kappa shape index (κ2) is 10.3. The predicted molar refractivity (Wildman–Crippen MR) is 113 cm³/mol. The number of carbonyl (C=O) groups is 1. The quantitative estimate of drug-likeness (QED) is 0.437. The molecule has 0 aliphatic heterocycles. The van der Waals surface area contributed by atoms with Crippen molar-refractivity contribution in [2.24, 2.45) is 7.05 Å². The summed E-state index contributed by atoms with van der Waals surface area (Å²) in [6.45, 7) is 1.40. The SMILES string of the molecule is Cn1nccc1-c1cc(NC(=O)c2ccc(C(F)(F)F)cc2)ccc1OCCNCCO. The molecule has 0 fully saturated rings. The standard InChI is InChI=1S/C22H23F3N4O3/c1-29-19(8-9-27-29)18-14-17(6-7-20(18)32-13-11-26-10-12-30)28-21(31)15-2-4-16(5-3-15)22(23,24)25/h2-9,14,26,30H,10-13H2,1H3,(H,28,31). The van der Waals surface area contributed by atoms with Crippen LogP contribution in [0.3, 0.4) is 0 Å². The van der Waals surface area contributed by atoms with Crippen molar-refractivity contribution >= 4 is 11.6 Å². The van der Waals surface area contributed by atoms with Crippen LogP contribution in [0.15, 0.2) is 54.7 Å². The highest BCUT2D eigenvalue weighted by Gasteiger charge is 2.30. The highest BCUT2D eigenvalue weighted by Crippen LogP contribution is 2.33. The summed E-state index contributed by atoms with van der Waals surface area (Å²) in [5.41, 5.74) is 1.20. The van der Waals surface area contributed by atoms with Crippen molar-refractivity contribution in [2.45, 2.75) is 6.18 Å². The van der Waals surface area contributed by atoms with Gasteiger partial charge in [0.25, 0.3) is 5.91 Å². The Morgan fingerprint density at radius 3 is 2.50 bits per heavy atom. The van der Waals surface area contributed by atoms with Crippen molar-refractivity contribution in [1.82, 2.24) is 15.1 Å². The summed E-state index contributed by atoms with van der Waals surface area (Å²) in [6.07, 6.45) is -2.83. The van der Waals surface area contributed by atoms with Gasteiger partial charge in [-0.3, -0.25) is 9.48 Å². The normalized spacial score (nSPS) is 11.4. The summed E-state index contributed by atoms with van der Waals surface area (Å²) in [7, 11) is 1.77. The molecule has 0 spiro atoms. The molecule has 0 saturated carbocycles. The number of aliphatic hydroxyl groups excluding tert-OH is 1. The maximum Gasteiger partial charge on any atom is 0.416 e. The number of hydrogen-bond acceptors (Lipinski definition) is 5. The van der Waals surface area contributed by atoms with Gasteiger partial charge in [-0.1, -0.05) is 0 Å². The number of hydrogen-bond donors (Lipinski definition) is 3. The van der Waals surface area contributed by atoms with E-state index < -0.39 is 17.6 Å². The maximum atomic E-state index is 12.7. The molecule has 7 nitrogen and oxygen atoms in total. The Morgan fingerprint density at radius 1 is 1.12 bits per heavy atom. The summed E-state index contributed by atoms with van der Waals surface area (Å²) in [4.78, 5) is 12.5. The van der Waals surface area contributed by atoms with Gasteiger partial charge in [0, 0.05) is 43.1 Å². The number of ether oxygens (including phenoxy) is 1. The van der Waals surface area contributed by atoms with Gasteiger partial charge in [0.05, 0.1) is 17.9 Å². The number of alkyl halides is 3. The first-order chi connectivity index (χ1) is 15.3. The maximum absolute atomic E-state index is 12.7. The molecule has 1 heterocycles. The smallest absolute Gasteiger partial charge is 0.416 e. The first-order valence-electron chi connectivity index (χ1n) is 9.85. The molecular formula is C22H23F3N4O3. The second-order valence-corrected chi connectivity index (χ2v) is 6.90. The summed E-state index contributed by atoms with van der Waals surface area (Å²) in [5.74, 6) is 0.0449. The van der Waals surface area contributed by atoms with E-state index in [0.717, 1.165) is 30.0 Å². The molecule has 0 saturated heterocycles. The van der Waals surface area contributed by atoms with Gasteiger partial charge >= 0.3 is 6.18 Å². The van der Waals surface area contributed by atoms with Crippen molar-refractivity contribution in [3.05, 3.63) is 65.9 Å². The van der Waals surface area contributed by atoms with E-state index in [0.29, 0.717) is 36.7 Å². The first-order valence-corrected chi connectivity index (χ1v) is 9.85. The average molecular weight is 448 g/mol. The van der Waals surface area contributed by atoms with Crippen LogP contribution in [-0.2, 0) is 13.2 Å². The molecule has 10 heteroatoms. The average Bonchev–Trinajstić information content (AvgIpc) is 3.19. The molecule has 2 aromatic carbocycles. The third kappa shape index (κ3) is 5.86. The van der Waals surface area contributed by atoms with Crippen LogP contribution in [0.1, 0.15) is 15.9 Å². The Balaban J connectivity index is 1.78. The number of rotatable bonds is 9. The highest BCUT2D eigenvalue weighted by molar-refractivity contribution is 6.04. The van der Waals surface area contributed by atoms with Crippen LogP contribution in [0.5, 0.6) is 5.75 Å². The van der Waals surface area contributed by atoms with Crippen LogP contribution < -0.4 is 15.4 Å². The lowest BCUT2D eigenvalue weighted by Gasteiger charge is -2.15. The molecular weight excluding hydrogens is 425 g/mol. The van der Waals surface area contributed by atoms with E-state index in [4.69, 9.17) is 9.84 Å². The molecule has 0 aliphatic rings. The van der Waals surface area contributed by atoms with E-state index in [1.165, 1.54) is 0 Å². The second-order valence-electron chi connectivity index (χ2n) is 6.90. The molecule has 0 bridgehead atoms. The number of aliphatic hydroxyl groups is 1. The van der Waals surface area contributed by atoms with Gasteiger partial charge < -0.3 is 20.5 Å². The Kier molecular flexibility index (Phi) is 7.49. The minimum Gasteiger partial charge on any atom is -0.492 e. The van der Waals surface area contributed by atoms with E-state index in [-0.39, 0.29) is 12.2 Å². The number of aromatic nitrogens is 2. The lowest BCUT2D eigenvalue weighted by Crippen LogP contribution is -2.24. The van der Waals surface area contributed by atoms with Gasteiger partial charge in [-0.15, -0.1) is 0 Å². The predicted octanol–water partition coefficient (Wildman–Crippen LogP) is 3.32. The number of nitrogens with zero attached hydrogens (tertiary/aromatic N) is 2. The topological polar surface area (TPSA) is 88.4 Å². The molecule has 1 aromatic heterocycles. The third-order valence-electron chi connectivity index (χ3n) is 4.63. The van der Waals surface area contributed by atoms with Gasteiger partial charge in [0.1, 0.15) is 12.4 Å². The van der Waals surface area contributed by atoms with E-state index in [2.05, 4.69) is 15.7 Å². The van der Waals surface area contributed by atoms with Crippen molar-refractivity contribution in [1.29, 1.82) is 0 Å². The Morgan fingerprint density at radius 2 is 1.88 bits per heavy atom. The molecule has 3 N–H and O–H groups in total. The number of halogens is 3. The molecule has 32 heavy (non-hydrogen) atoms. The fourth-order valence-corrected chi connectivity index (χ4v) is 3.02. The fourth-order valence-electron chi connectivity index (χ4n) is 3.02. The molecule has 3 aromatic rings. The molecule has 3 rings (SSSR count). The minimum absolute atomic E-state index is 0.0353. The van der Waals surface area contributed by atoms with Crippen LogP contribution >= 0.6 is 0 Å². The molecule has 0 aliphatic carbocycles. The monoisotopic (exact) mass is 448 g/mol. The molecule has 170 valence electrons. The van der Waals surface area contributed by atoms with Gasteiger partial charge in [-0.2, -0.15) is 18.3 Å². The Hall–Kier alpha value is -3.37. The molecule has 0 radical (unpaired) electrons. The largest absolute Gasteiger partial charge is 0.492 e. The lowest BCUT2D eigenvalue weighted by molar-refractivity contribution is -0.137. The van der Waals surface area contributed by atoms with Crippen molar-refractivity contribution in [2.75, 3.05) is 31.6 Å². The van der Waals surface area contributed by atoms with Gasteiger partial charge in [0.2, 0.25) is 0 Å². The Bertz CT molecular complexity index is 1050. The third-order valence-corrected chi connectivity index (χ3v) is 4.63.